The van der Waals surface area contributed by atoms with Gasteiger partial charge in [0.2, 0.25) is 0 Å². The molecule has 0 saturated heterocycles. The van der Waals surface area contributed by atoms with Gasteiger partial charge in [-0.25, -0.2) is 9.59 Å². The topological polar surface area (TPSA) is 98.7 Å². The predicted octanol–water partition coefficient (Wildman–Crippen LogP) is 0.923. The number of urea groups is 1. The molecule has 0 aliphatic rings. The number of nitrogens with one attached hydrogen (secondary N) is 2. The van der Waals surface area contributed by atoms with Crippen LogP contribution in [0.4, 0.5) is 4.79 Å². The lowest BCUT2D eigenvalue weighted by Crippen LogP contribution is -2.51. The van der Waals surface area contributed by atoms with Gasteiger partial charge >= 0.3 is 12.0 Å². The number of carbonyl (C=O) groups is 2. The molecule has 3 atom stereocenters. The van der Waals surface area contributed by atoms with Crippen molar-refractivity contribution in [1.82, 2.24) is 10.6 Å². The van der Waals surface area contributed by atoms with Crippen LogP contribution in [0.15, 0.2) is 30.3 Å². The lowest BCUT2D eigenvalue weighted by molar-refractivity contribution is -0.141. The van der Waals surface area contributed by atoms with Crippen molar-refractivity contribution in [3.63, 3.8) is 0 Å². The monoisotopic (exact) mass is 280 g/mol. The van der Waals surface area contributed by atoms with Gasteiger partial charge in [-0.05, 0) is 18.4 Å². The summed E-state index contributed by atoms with van der Waals surface area (Å²) >= 11 is 0. The average molecular weight is 280 g/mol. The van der Waals surface area contributed by atoms with E-state index < -0.39 is 24.1 Å². The Morgan fingerprint density at radius 2 is 1.80 bits per heavy atom. The molecule has 0 aliphatic heterocycles. The Morgan fingerprint density at radius 3 is 2.30 bits per heavy atom. The third-order valence-corrected chi connectivity index (χ3v) is 2.97. The fourth-order valence-corrected chi connectivity index (χ4v) is 1.73. The van der Waals surface area contributed by atoms with Crippen molar-refractivity contribution in [3.05, 3.63) is 35.9 Å². The summed E-state index contributed by atoms with van der Waals surface area (Å²) in [6.45, 7) is 3.65. The summed E-state index contributed by atoms with van der Waals surface area (Å²) in [5.74, 6) is -1.16. The van der Waals surface area contributed by atoms with E-state index in [4.69, 9.17) is 5.11 Å². The van der Waals surface area contributed by atoms with Crippen LogP contribution in [-0.2, 0) is 4.79 Å². The van der Waals surface area contributed by atoms with Crippen molar-refractivity contribution in [2.24, 2.45) is 0 Å². The molecule has 0 saturated carbocycles. The number of aliphatic hydroxyl groups is 1. The minimum atomic E-state index is -1.32. The maximum absolute atomic E-state index is 11.6. The highest BCUT2D eigenvalue weighted by atomic mass is 16.4. The first-order valence-electron chi connectivity index (χ1n) is 6.42. The number of carboxylic acid groups (broad SMARTS) is 1. The summed E-state index contributed by atoms with van der Waals surface area (Å²) in [5, 5.41) is 22.9. The van der Waals surface area contributed by atoms with Crippen molar-refractivity contribution in [3.8, 4) is 0 Å². The lowest BCUT2D eigenvalue weighted by atomic mass is 10.0. The Bertz CT molecular complexity index is 448. The fraction of sp³-hybridized carbons (Fsp3) is 0.429. The van der Waals surface area contributed by atoms with E-state index in [2.05, 4.69) is 10.6 Å². The third kappa shape index (κ3) is 4.89. The molecule has 0 heterocycles. The highest BCUT2D eigenvalue weighted by molar-refractivity contribution is 5.82. The summed E-state index contributed by atoms with van der Waals surface area (Å²) in [6, 6.07) is 7.74. The van der Waals surface area contributed by atoms with Crippen molar-refractivity contribution < 1.29 is 19.8 Å². The molecule has 4 N–H and O–H groups in total. The van der Waals surface area contributed by atoms with Gasteiger partial charge < -0.3 is 20.8 Å². The van der Waals surface area contributed by atoms with Crippen LogP contribution in [0.1, 0.15) is 25.3 Å². The van der Waals surface area contributed by atoms with E-state index in [0.717, 1.165) is 5.56 Å². The summed E-state index contributed by atoms with van der Waals surface area (Å²) in [4.78, 5) is 22.4. The normalized spacial score (nSPS) is 14.9. The molecule has 0 fully saturated rings. The molecular formula is C14H20N2O4. The molecule has 0 aliphatic carbocycles. The standard InChI is InChI=1S/C14H20N2O4/c1-9(11-6-4-3-5-7-11)8-15-14(20)16-12(10(2)17)13(18)19/h3-7,9-10,12,17H,8H2,1-2H3,(H,18,19)(H2,15,16,20). The highest BCUT2D eigenvalue weighted by Gasteiger charge is 2.24. The maximum atomic E-state index is 11.6. The van der Waals surface area contributed by atoms with E-state index in [0.29, 0.717) is 6.54 Å². The molecule has 1 rings (SSSR count). The van der Waals surface area contributed by atoms with Crippen molar-refractivity contribution in [2.75, 3.05) is 6.54 Å². The molecular weight excluding hydrogens is 260 g/mol. The van der Waals surface area contributed by atoms with Gasteiger partial charge in [-0.2, -0.15) is 0 Å². The van der Waals surface area contributed by atoms with Crippen LogP contribution in [0.2, 0.25) is 0 Å². The van der Waals surface area contributed by atoms with Crippen LogP contribution in [0.25, 0.3) is 0 Å². The molecule has 6 heteroatoms. The Balaban J connectivity index is 2.45. The van der Waals surface area contributed by atoms with E-state index >= 15 is 0 Å². The van der Waals surface area contributed by atoms with Gasteiger partial charge in [-0.15, -0.1) is 0 Å². The van der Waals surface area contributed by atoms with Gasteiger partial charge in [-0.3, -0.25) is 0 Å². The van der Waals surface area contributed by atoms with E-state index in [9.17, 15) is 14.7 Å². The molecule has 1 aromatic carbocycles. The van der Waals surface area contributed by atoms with Crippen LogP contribution in [0.5, 0.6) is 0 Å². The van der Waals surface area contributed by atoms with Gasteiger partial charge in [0.15, 0.2) is 6.04 Å². The zero-order chi connectivity index (χ0) is 15.1. The first kappa shape index (κ1) is 16.0. The van der Waals surface area contributed by atoms with E-state index in [1.54, 1.807) is 0 Å². The average Bonchev–Trinajstić information content (AvgIpc) is 2.42. The van der Waals surface area contributed by atoms with Crippen LogP contribution in [-0.4, -0.2) is 40.9 Å². The first-order valence-corrected chi connectivity index (χ1v) is 6.42. The number of aliphatic hydroxyl groups excluding tert-OH is 1. The number of hydrogen-bond donors (Lipinski definition) is 4. The number of hydrogen-bond acceptors (Lipinski definition) is 3. The number of carboxylic acids is 1. The highest BCUT2D eigenvalue weighted by Crippen LogP contribution is 2.12. The number of carbonyl (C=O) groups excluding carboxylic acids is 1. The molecule has 0 bridgehead atoms. The largest absolute Gasteiger partial charge is 0.480 e. The van der Waals surface area contributed by atoms with Crippen LogP contribution < -0.4 is 10.6 Å². The molecule has 6 nitrogen and oxygen atoms in total. The summed E-state index contributed by atoms with van der Waals surface area (Å²) in [5.41, 5.74) is 1.08. The fourth-order valence-electron chi connectivity index (χ4n) is 1.73. The van der Waals surface area contributed by atoms with Crippen molar-refractivity contribution in [1.29, 1.82) is 0 Å². The lowest BCUT2D eigenvalue weighted by Gasteiger charge is -2.19. The smallest absolute Gasteiger partial charge is 0.328 e. The maximum Gasteiger partial charge on any atom is 0.328 e. The summed E-state index contributed by atoms with van der Waals surface area (Å²) in [7, 11) is 0. The minimum Gasteiger partial charge on any atom is -0.480 e. The molecule has 20 heavy (non-hydrogen) atoms. The summed E-state index contributed by atoms with van der Waals surface area (Å²) in [6.07, 6.45) is -1.16. The predicted molar refractivity (Wildman–Crippen MR) is 74.5 cm³/mol. The van der Waals surface area contributed by atoms with Gasteiger partial charge in [0.05, 0.1) is 6.10 Å². The van der Waals surface area contributed by atoms with Crippen LogP contribution in [0.3, 0.4) is 0 Å². The Labute approximate surface area is 117 Å². The van der Waals surface area contributed by atoms with Crippen LogP contribution in [0, 0.1) is 0 Å². The van der Waals surface area contributed by atoms with E-state index in [-0.39, 0.29) is 5.92 Å². The quantitative estimate of drug-likeness (QED) is 0.623. The van der Waals surface area contributed by atoms with Crippen molar-refractivity contribution >= 4 is 12.0 Å². The zero-order valence-corrected chi connectivity index (χ0v) is 11.5. The SMILES string of the molecule is CC(CNC(=O)NC(C(=O)O)C(C)O)c1ccccc1. The number of amides is 2. The molecule has 0 spiro atoms. The van der Waals surface area contributed by atoms with E-state index in [1.807, 2.05) is 37.3 Å². The molecule has 1 aromatic rings. The molecule has 0 radical (unpaired) electrons. The van der Waals surface area contributed by atoms with Crippen molar-refractivity contribution in [2.45, 2.75) is 31.9 Å². The zero-order valence-electron chi connectivity index (χ0n) is 11.5. The second-order valence-corrected chi connectivity index (χ2v) is 4.72. The molecule has 0 aromatic heterocycles. The Hall–Kier alpha value is -2.08. The number of benzene rings is 1. The first-order chi connectivity index (χ1) is 9.41. The van der Waals surface area contributed by atoms with Gasteiger partial charge in [-0.1, -0.05) is 37.3 Å². The number of aliphatic carboxylic acids is 1. The van der Waals surface area contributed by atoms with Gasteiger partial charge in [0.1, 0.15) is 0 Å². The molecule has 3 unspecified atom stereocenters. The molecule has 2 amide bonds. The Morgan fingerprint density at radius 1 is 1.20 bits per heavy atom. The molecule has 110 valence electrons. The van der Waals surface area contributed by atoms with E-state index in [1.165, 1.54) is 6.92 Å². The van der Waals surface area contributed by atoms with Crippen LogP contribution >= 0.6 is 0 Å². The summed E-state index contributed by atoms with van der Waals surface area (Å²) < 4.78 is 0. The Kier molecular flexibility index (Phi) is 5.99. The minimum absolute atomic E-state index is 0.108. The van der Waals surface area contributed by atoms with Gasteiger partial charge in [0, 0.05) is 6.54 Å². The second-order valence-electron chi connectivity index (χ2n) is 4.72. The second kappa shape index (κ2) is 7.49. The number of rotatable bonds is 6. The van der Waals surface area contributed by atoms with Gasteiger partial charge in [0.25, 0.3) is 0 Å². The third-order valence-electron chi connectivity index (χ3n) is 2.97.